The van der Waals surface area contributed by atoms with E-state index in [0.29, 0.717) is 23.4 Å². The molecule has 0 spiro atoms. The molecule has 2 aromatic rings. The second-order valence-electron chi connectivity index (χ2n) is 6.17. The lowest BCUT2D eigenvalue weighted by atomic mass is 9.94. The van der Waals surface area contributed by atoms with Crippen LogP contribution in [0.4, 0.5) is 4.79 Å². The molecule has 1 heterocycles. The first kappa shape index (κ1) is 18.3. The second kappa shape index (κ2) is 7.82. The molecular formula is C20H21N3O4. The van der Waals surface area contributed by atoms with Crippen molar-refractivity contribution in [1.82, 2.24) is 16.0 Å². The van der Waals surface area contributed by atoms with Gasteiger partial charge in [0.15, 0.2) is 11.5 Å². The first-order valence-electron chi connectivity index (χ1n) is 8.47. The van der Waals surface area contributed by atoms with E-state index in [1.807, 2.05) is 30.3 Å². The molecule has 0 saturated carbocycles. The number of phenols is 1. The molecule has 1 atom stereocenters. The summed E-state index contributed by atoms with van der Waals surface area (Å²) in [5.74, 6) is -0.0415. The minimum Gasteiger partial charge on any atom is -0.504 e. The number of nitrogens with one attached hydrogen (secondary N) is 3. The van der Waals surface area contributed by atoms with Crippen molar-refractivity contribution in [2.24, 2.45) is 0 Å². The summed E-state index contributed by atoms with van der Waals surface area (Å²) in [5.41, 5.74) is 2.48. The first-order chi connectivity index (χ1) is 13.0. The van der Waals surface area contributed by atoms with Gasteiger partial charge in [0.05, 0.1) is 18.7 Å². The van der Waals surface area contributed by atoms with E-state index in [1.54, 1.807) is 19.1 Å². The molecule has 1 aliphatic rings. The third kappa shape index (κ3) is 4.03. The summed E-state index contributed by atoms with van der Waals surface area (Å²) < 4.78 is 5.14. The number of ether oxygens (including phenoxy) is 1. The smallest absolute Gasteiger partial charge is 0.319 e. The number of carbonyl (C=O) groups is 2. The summed E-state index contributed by atoms with van der Waals surface area (Å²) in [5, 5.41) is 18.1. The SMILES string of the molecule is COc1cc([C@H]2NC(=O)NC(C)=C2C(=O)NCc2ccccc2)ccc1O. The molecule has 4 N–H and O–H groups in total. The summed E-state index contributed by atoms with van der Waals surface area (Å²) in [6, 6.07) is 13.2. The molecule has 27 heavy (non-hydrogen) atoms. The quantitative estimate of drug-likeness (QED) is 0.652. The van der Waals surface area contributed by atoms with E-state index in [1.165, 1.54) is 13.2 Å². The Morgan fingerprint density at radius 1 is 1.22 bits per heavy atom. The van der Waals surface area contributed by atoms with Gasteiger partial charge in [0.2, 0.25) is 0 Å². The number of methoxy groups -OCH3 is 1. The van der Waals surface area contributed by atoms with Crippen molar-refractivity contribution in [1.29, 1.82) is 0 Å². The molecule has 3 amide bonds. The number of phenolic OH excluding ortho intramolecular Hbond substituents is 1. The fourth-order valence-corrected chi connectivity index (χ4v) is 2.99. The third-order valence-corrected chi connectivity index (χ3v) is 4.35. The number of carbonyl (C=O) groups excluding carboxylic acids is 2. The maximum absolute atomic E-state index is 12.9. The Kier molecular flexibility index (Phi) is 5.30. The first-order valence-corrected chi connectivity index (χ1v) is 8.47. The number of allylic oxidation sites excluding steroid dienone is 1. The Balaban J connectivity index is 1.88. The van der Waals surface area contributed by atoms with Gasteiger partial charge in [0.25, 0.3) is 5.91 Å². The fourth-order valence-electron chi connectivity index (χ4n) is 2.99. The number of hydrogen-bond acceptors (Lipinski definition) is 4. The van der Waals surface area contributed by atoms with E-state index >= 15 is 0 Å². The normalized spacial score (nSPS) is 16.4. The minimum absolute atomic E-state index is 0.0164. The van der Waals surface area contributed by atoms with Crippen molar-refractivity contribution in [2.75, 3.05) is 7.11 Å². The van der Waals surface area contributed by atoms with E-state index in [0.717, 1.165) is 5.56 Å². The lowest BCUT2D eigenvalue weighted by molar-refractivity contribution is -0.118. The molecule has 0 saturated heterocycles. The number of benzene rings is 2. The second-order valence-corrected chi connectivity index (χ2v) is 6.17. The van der Waals surface area contributed by atoms with Gasteiger partial charge in [-0.05, 0) is 30.2 Å². The van der Waals surface area contributed by atoms with Gasteiger partial charge < -0.3 is 25.8 Å². The molecule has 0 aromatic heterocycles. The van der Waals surface area contributed by atoms with E-state index in [2.05, 4.69) is 16.0 Å². The standard InChI is InChI=1S/C20H21N3O4/c1-12-17(19(25)21-11-13-6-4-3-5-7-13)18(23-20(26)22-12)14-8-9-15(24)16(10-14)27-2/h3-10,18,24H,11H2,1-2H3,(H,21,25)(H2,22,23,26)/t18-/m1/s1. The van der Waals surface area contributed by atoms with Crippen LogP contribution in [-0.4, -0.2) is 24.2 Å². The molecule has 3 rings (SSSR count). The highest BCUT2D eigenvalue weighted by Crippen LogP contribution is 2.33. The summed E-state index contributed by atoms with van der Waals surface area (Å²) in [4.78, 5) is 24.8. The van der Waals surface area contributed by atoms with Crippen LogP contribution in [0.25, 0.3) is 0 Å². The highest BCUT2D eigenvalue weighted by molar-refractivity contribution is 5.98. The van der Waals surface area contributed by atoms with Gasteiger partial charge in [0, 0.05) is 12.2 Å². The molecule has 0 bridgehead atoms. The predicted octanol–water partition coefficient (Wildman–Crippen LogP) is 2.35. The Morgan fingerprint density at radius 3 is 2.67 bits per heavy atom. The van der Waals surface area contributed by atoms with Crippen LogP contribution in [-0.2, 0) is 11.3 Å². The van der Waals surface area contributed by atoms with Crippen molar-refractivity contribution >= 4 is 11.9 Å². The molecule has 2 aromatic carbocycles. The Bertz CT molecular complexity index is 893. The summed E-state index contributed by atoms with van der Waals surface area (Å²) in [7, 11) is 1.44. The maximum atomic E-state index is 12.9. The molecule has 0 unspecified atom stereocenters. The lowest BCUT2D eigenvalue weighted by Crippen LogP contribution is -2.46. The van der Waals surface area contributed by atoms with Crippen molar-refractivity contribution in [2.45, 2.75) is 19.5 Å². The van der Waals surface area contributed by atoms with Crippen molar-refractivity contribution in [3.8, 4) is 11.5 Å². The molecule has 140 valence electrons. The predicted molar refractivity (Wildman–Crippen MR) is 100 cm³/mol. The molecule has 0 fully saturated rings. The number of urea groups is 1. The zero-order chi connectivity index (χ0) is 19.4. The van der Waals surface area contributed by atoms with Crippen molar-refractivity contribution in [3.63, 3.8) is 0 Å². The van der Waals surface area contributed by atoms with Crippen LogP contribution in [0.15, 0.2) is 59.8 Å². The summed E-state index contributed by atoms with van der Waals surface area (Å²) in [6.45, 7) is 2.05. The van der Waals surface area contributed by atoms with Gasteiger partial charge in [-0.3, -0.25) is 4.79 Å². The zero-order valence-electron chi connectivity index (χ0n) is 15.1. The van der Waals surface area contributed by atoms with E-state index in [4.69, 9.17) is 4.74 Å². The van der Waals surface area contributed by atoms with Crippen LogP contribution in [0.2, 0.25) is 0 Å². The average Bonchev–Trinajstić information content (AvgIpc) is 2.66. The Morgan fingerprint density at radius 2 is 1.96 bits per heavy atom. The van der Waals surface area contributed by atoms with Crippen LogP contribution in [0.3, 0.4) is 0 Å². The molecule has 7 heteroatoms. The number of rotatable bonds is 5. The highest BCUT2D eigenvalue weighted by atomic mass is 16.5. The van der Waals surface area contributed by atoms with Gasteiger partial charge in [-0.15, -0.1) is 0 Å². The van der Waals surface area contributed by atoms with Gasteiger partial charge in [0.1, 0.15) is 0 Å². The monoisotopic (exact) mass is 367 g/mol. The lowest BCUT2D eigenvalue weighted by Gasteiger charge is -2.29. The molecular weight excluding hydrogens is 346 g/mol. The van der Waals surface area contributed by atoms with Gasteiger partial charge in [-0.25, -0.2) is 4.79 Å². The van der Waals surface area contributed by atoms with Crippen LogP contribution >= 0.6 is 0 Å². The molecule has 0 aliphatic carbocycles. The average molecular weight is 367 g/mol. The summed E-state index contributed by atoms with van der Waals surface area (Å²) >= 11 is 0. The Labute approximate surface area is 157 Å². The zero-order valence-corrected chi connectivity index (χ0v) is 15.1. The van der Waals surface area contributed by atoms with E-state index < -0.39 is 12.1 Å². The van der Waals surface area contributed by atoms with Crippen molar-refractivity contribution in [3.05, 3.63) is 70.9 Å². The molecule has 0 radical (unpaired) electrons. The number of amides is 3. The minimum atomic E-state index is -0.663. The molecule has 7 nitrogen and oxygen atoms in total. The fraction of sp³-hybridized carbons (Fsp3) is 0.200. The van der Waals surface area contributed by atoms with E-state index in [9.17, 15) is 14.7 Å². The third-order valence-electron chi connectivity index (χ3n) is 4.35. The number of aromatic hydroxyl groups is 1. The Hall–Kier alpha value is -3.48. The van der Waals surface area contributed by atoms with Crippen molar-refractivity contribution < 1.29 is 19.4 Å². The van der Waals surface area contributed by atoms with Crippen LogP contribution in [0.1, 0.15) is 24.1 Å². The van der Waals surface area contributed by atoms with E-state index in [-0.39, 0.29) is 17.4 Å². The van der Waals surface area contributed by atoms with Gasteiger partial charge in [-0.1, -0.05) is 36.4 Å². The number of hydrogen-bond donors (Lipinski definition) is 4. The van der Waals surface area contributed by atoms with Crippen LogP contribution in [0, 0.1) is 0 Å². The van der Waals surface area contributed by atoms with Gasteiger partial charge in [-0.2, -0.15) is 0 Å². The topological polar surface area (TPSA) is 99.7 Å². The van der Waals surface area contributed by atoms with Gasteiger partial charge >= 0.3 is 6.03 Å². The highest BCUT2D eigenvalue weighted by Gasteiger charge is 2.31. The van der Waals surface area contributed by atoms with Crippen LogP contribution in [0.5, 0.6) is 11.5 Å². The summed E-state index contributed by atoms with van der Waals surface area (Å²) in [6.07, 6.45) is 0. The largest absolute Gasteiger partial charge is 0.504 e. The maximum Gasteiger partial charge on any atom is 0.319 e. The molecule has 1 aliphatic heterocycles. The van der Waals surface area contributed by atoms with Crippen LogP contribution < -0.4 is 20.7 Å².